The molecule has 126 valence electrons. The first-order valence-electron chi connectivity index (χ1n) is 7.51. The quantitative estimate of drug-likeness (QED) is 0.762. The van der Waals surface area contributed by atoms with Crippen molar-refractivity contribution < 1.29 is 9.32 Å². The molecule has 3 aromatic heterocycles. The van der Waals surface area contributed by atoms with Gasteiger partial charge in [-0.3, -0.25) is 14.8 Å². The largest absolute Gasteiger partial charge is 0.361 e. The molecular formula is C15H18N6O2S. The van der Waals surface area contributed by atoms with E-state index in [2.05, 4.69) is 25.8 Å². The maximum atomic E-state index is 12.3. The molecule has 0 aliphatic heterocycles. The zero-order valence-corrected chi connectivity index (χ0v) is 14.8. The Bertz CT molecular complexity index is 859. The summed E-state index contributed by atoms with van der Waals surface area (Å²) in [6.45, 7) is 8.15. The molecule has 0 radical (unpaired) electrons. The van der Waals surface area contributed by atoms with Crippen molar-refractivity contribution in [2.75, 3.05) is 5.32 Å². The molecule has 3 rings (SSSR count). The van der Waals surface area contributed by atoms with Crippen molar-refractivity contribution >= 4 is 22.4 Å². The molecule has 0 aliphatic rings. The van der Waals surface area contributed by atoms with Crippen LogP contribution in [0.15, 0.2) is 10.6 Å². The van der Waals surface area contributed by atoms with Crippen LogP contribution in [0.5, 0.6) is 0 Å². The van der Waals surface area contributed by atoms with Gasteiger partial charge in [-0.15, -0.1) is 10.2 Å². The summed E-state index contributed by atoms with van der Waals surface area (Å²) < 4.78 is 6.95. The molecule has 8 nitrogen and oxygen atoms in total. The number of anilines is 1. The predicted octanol–water partition coefficient (Wildman–Crippen LogP) is 2.45. The van der Waals surface area contributed by atoms with E-state index in [0.29, 0.717) is 28.6 Å². The monoisotopic (exact) mass is 346 g/mol. The highest BCUT2D eigenvalue weighted by atomic mass is 32.1. The van der Waals surface area contributed by atoms with E-state index in [9.17, 15) is 4.79 Å². The summed E-state index contributed by atoms with van der Waals surface area (Å²) in [5.41, 5.74) is 3.11. The maximum Gasteiger partial charge on any atom is 0.263 e. The molecule has 0 aromatic carbocycles. The average Bonchev–Trinajstić information content (AvgIpc) is 3.18. The van der Waals surface area contributed by atoms with Gasteiger partial charge >= 0.3 is 0 Å². The first kappa shape index (κ1) is 16.3. The third kappa shape index (κ3) is 3.35. The van der Waals surface area contributed by atoms with Crippen LogP contribution in [0.1, 0.15) is 38.2 Å². The summed E-state index contributed by atoms with van der Waals surface area (Å²) in [6.07, 6.45) is 0.709. The van der Waals surface area contributed by atoms with Crippen LogP contribution in [0.25, 0.3) is 0 Å². The predicted molar refractivity (Wildman–Crippen MR) is 89.2 cm³/mol. The van der Waals surface area contributed by atoms with Crippen LogP contribution >= 0.6 is 11.3 Å². The van der Waals surface area contributed by atoms with Crippen molar-refractivity contribution in [2.45, 2.75) is 40.7 Å². The number of amides is 1. The first-order valence-corrected chi connectivity index (χ1v) is 8.33. The number of nitrogens with one attached hydrogen (secondary N) is 1. The molecule has 3 heterocycles. The van der Waals surface area contributed by atoms with E-state index >= 15 is 0 Å². The molecule has 1 amide bonds. The molecule has 0 saturated carbocycles. The van der Waals surface area contributed by atoms with Gasteiger partial charge in [-0.2, -0.15) is 5.10 Å². The van der Waals surface area contributed by atoms with Gasteiger partial charge in [-0.25, -0.2) is 0 Å². The highest BCUT2D eigenvalue weighted by Gasteiger charge is 2.19. The number of hydrogen-bond donors (Lipinski definition) is 1. The van der Waals surface area contributed by atoms with Crippen molar-refractivity contribution in [3.63, 3.8) is 0 Å². The first-order chi connectivity index (χ1) is 11.4. The lowest BCUT2D eigenvalue weighted by Crippen LogP contribution is -2.13. The van der Waals surface area contributed by atoms with Gasteiger partial charge in [0.2, 0.25) is 5.13 Å². The van der Waals surface area contributed by atoms with E-state index < -0.39 is 0 Å². The second-order valence-corrected chi connectivity index (χ2v) is 6.62. The van der Waals surface area contributed by atoms with Crippen LogP contribution in [-0.4, -0.2) is 31.0 Å². The molecule has 9 heteroatoms. The second-order valence-electron chi connectivity index (χ2n) is 5.55. The third-order valence-corrected chi connectivity index (χ3v) is 4.49. The lowest BCUT2D eigenvalue weighted by Gasteiger charge is -2.01. The molecule has 3 aromatic rings. The van der Waals surface area contributed by atoms with Crippen molar-refractivity contribution in [1.29, 1.82) is 0 Å². The Morgan fingerprint density at radius 2 is 2.08 bits per heavy atom. The summed E-state index contributed by atoms with van der Waals surface area (Å²) in [5.74, 6) is 0.201. The number of aromatic nitrogens is 5. The van der Waals surface area contributed by atoms with E-state index in [1.54, 1.807) is 13.8 Å². The number of nitrogens with zero attached hydrogens (tertiary/aromatic N) is 5. The van der Waals surface area contributed by atoms with Crippen molar-refractivity contribution in [1.82, 2.24) is 25.1 Å². The van der Waals surface area contributed by atoms with Crippen LogP contribution in [0.2, 0.25) is 0 Å². The van der Waals surface area contributed by atoms with Gasteiger partial charge in [0.25, 0.3) is 5.91 Å². The molecule has 0 saturated heterocycles. The summed E-state index contributed by atoms with van der Waals surface area (Å²) >= 11 is 1.36. The highest BCUT2D eigenvalue weighted by Crippen LogP contribution is 2.19. The minimum absolute atomic E-state index is 0.285. The van der Waals surface area contributed by atoms with Gasteiger partial charge in [-0.05, 0) is 33.8 Å². The topological polar surface area (TPSA) is 98.7 Å². The Labute approximate surface area is 142 Å². The minimum Gasteiger partial charge on any atom is -0.361 e. The Balaban J connectivity index is 1.63. The lowest BCUT2D eigenvalue weighted by atomic mass is 10.2. The van der Waals surface area contributed by atoms with Crippen molar-refractivity contribution in [2.24, 2.45) is 0 Å². The number of aryl methyl sites for hydroxylation is 6. The van der Waals surface area contributed by atoms with E-state index in [4.69, 9.17) is 4.52 Å². The summed E-state index contributed by atoms with van der Waals surface area (Å²) in [7, 11) is 0. The standard InChI is InChI=1S/C15H18N6O2S/c1-8-7-9(2)21(19-8)6-5-12-17-18-15(24-12)16-14(22)13-10(3)20-23-11(13)4/h7H,5-6H2,1-4H3,(H,16,18,22). The van der Waals surface area contributed by atoms with Gasteiger partial charge < -0.3 is 4.52 Å². The fourth-order valence-electron chi connectivity index (χ4n) is 2.47. The third-order valence-electron chi connectivity index (χ3n) is 3.59. The summed E-state index contributed by atoms with van der Waals surface area (Å²) in [5, 5.41) is 20.4. The summed E-state index contributed by atoms with van der Waals surface area (Å²) in [4.78, 5) is 12.3. The van der Waals surface area contributed by atoms with Crippen molar-refractivity contribution in [3.05, 3.63) is 39.5 Å². The second kappa shape index (κ2) is 6.52. The van der Waals surface area contributed by atoms with Crippen LogP contribution < -0.4 is 5.32 Å². The molecule has 0 spiro atoms. The zero-order chi connectivity index (χ0) is 17.3. The Hall–Kier alpha value is -2.55. The van der Waals surface area contributed by atoms with E-state index in [-0.39, 0.29) is 5.91 Å². The van der Waals surface area contributed by atoms with Gasteiger partial charge in [0, 0.05) is 18.7 Å². The number of rotatable bonds is 5. The van der Waals surface area contributed by atoms with Crippen molar-refractivity contribution in [3.8, 4) is 0 Å². The maximum absolute atomic E-state index is 12.3. The van der Waals surface area contributed by atoms with Crippen LogP contribution in [0.4, 0.5) is 5.13 Å². The molecule has 1 N–H and O–H groups in total. The van der Waals surface area contributed by atoms with Gasteiger partial charge in [-0.1, -0.05) is 16.5 Å². The Kier molecular flexibility index (Phi) is 4.43. The average molecular weight is 346 g/mol. The fourth-order valence-corrected chi connectivity index (χ4v) is 3.20. The van der Waals surface area contributed by atoms with E-state index in [1.165, 1.54) is 11.3 Å². The SMILES string of the molecule is Cc1cc(C)n(CCc2nnc(NC(=O)c3c(C)noc3C)s2)n1. The molecule has 0 aliphatic carbocycles. The van der Waals surface area contributed by atoms with E-state index in [1.807, 2.05) is 24.6 Å². The van der Waals surface area contributed by atoms with Gasteiger partial charge in [0.1, 0.15) is 16.3 Å². The molecule has 0 fully saturated rings. The van der Waals surface area contributed by atoms with E-state index in [0.717, 1.165) is 22.9 Å². The number of hydrogen-bond acceptors (Lipinski definition) is 7. The number of carbonyl (C=O) groups excluding carboxylic acids is 1. The Morgan fingerprint density at radius 3 is 2.71 bits per heavy atom. The Morgan fingerprint density at radius 1 is 1.29 bits per heavy atom. The normalized spacial score (nSPS) is 11.0. The van der Waals surface area contributed by atoms with Crippen LogP contribution in [0.3, 0.4) is 0 Å². The molecule has 24 heavy (non-hydrogen) atoms. The highest BCUT2D eigenvalue weighted by molar-refractivity contribution is 7.15. The molecule has 0 bridgehead atoms. The molecule has 0 atom stereocenters. The smallest absolute Gasteiger partial charge is 0.263 e. The van der Waals surface area contributed by atoms with Gasteiger partial charge in [0.05, 0.1) is 11.4 Å². The van der Waals surface area contributed by atoms with Crippen LogP contribution in [0, 0.1) is 27.7 Å². The fraction of sp³-hybridized carbons (Fsp3) is 0.400. The minimum atomic E-state index is -0.285. The zero-order valence-electron chi connectivity index (χ0n) is 14.0. The van der Waals surface area contributed by atoms with Gasteiger partial charge in [0.15, 0.2) is 0 Å². The summed E-state index contributed by atoms with van der Waals surface area (Å²) in [6, 6.07) is 2.04. The molecular weight excluding hydrogens is 328 g/mol. The lowest BCUT2D eigenvalue weighted by molar-refractivity contribution is 0.102. The molecule has 0 unspecified atom stereocenters. The number of carbonyl (C=O) groups is 1. The van der Waals surface area contributed by atoms with Crippen LogP contribution in [-0.2, 0) is 13.0 Å².